The van der Waals surface area contributed by atoms with Crippen molar-refractivity contribution in [3.63, 3.8) is 0 Å². The number of rotatable bonds is 4. The van der Waals surface area contributed by atoms with Gasteiger partial charge in [0.15, 0.2) is 11.5 Å². The van der Waals surface area contributed by atoms with Crippen LogP contribution in [0.1, 0.15) is 50.5 Å². The molecule has 4 heterocycles. The third kappa shape index (κ3) is 3.13. The van der Waals surface area contributed by atoms with Crippen LogP contribution >= 0.6 is 0 Å². The molecule has 4 aliphatic rings. The molecule has 4 heteroatoms. The monoisotopic (exact) mass is 384 g/mol. The summed E-state index contributed by atoms with van der Waals surface area (Å²) in [5.41, 5.74) is 1.32. The minimum Gasteiger partial charge on any atom is -0.493 e. The maximum Gasteiger partial charge on any atom is 0.163 e. The lowest BCUT2D eigenvalue weighted by Crippen LogP contribution is -2.67. The molecule has 0 N–H and O–H groups in total. The summed E-state index contributed by atoms with van der Waals surface area (Å²) in [5, 5.41) is 0. The first kappa shape index (κ1) is 18.7. The SMILES string of the molecule is COc1cccc(CC2[C@@H]3C[C@@H](CN4CCCC[C@H]34)[C@@H]3CCCCN23)c1OC. The molecule has 0 aliphatic carbocycles. The first-order valence-corrected chi connectivity index (χ1v) is 11.5. The zero-order valence-electron chi connectivity index (χ0n) is 17.6. The molecule has 1 aromatic carbocycles. The van der Waals surface area contributed by atoms with Crippen molar-refractivity contribution in [2.75, 3.05) is 33.9 Å². The number of para-hydroxylation sites is 1. The van der Waals surface area contributed by atoms with E-state index in [4.69, 9.17) is 9.47 Å². The van der Waals surface area contributed by atoms with Gasteiger partial charge >= 0.3 is 0 Å². The number of ether oxygens (including phenoxy) is 2. The highest BCUT2D eigenvalue weighted by Crippen LogP contribution is 2.47. The summed E-state index contributed by atoms with van der Waals surface area (Å²) in [6.07, 6.45) is 11.0. The Kier molecular flexibility index (Phi) is 5.27. The van der Waals surface area contributed by atoms with Crippen molar-refractivity contribution in [1.82, 2.24) is 9.80 Å². The Morgan fingerprint density at radius 2 is 1.79 bits per heavy atom. The lowest BCUT2D eigenvalue weighted by atomic mass is 9.66. The summed E-state index contributed by atoms with van der Waals surface area (Å²) in [6, 6.07) is 8.65. The molecule has 0 spiro atoms. The van der Waals surface area contributed by atoms with Crippen LogP contribution in [0.15, 0.2) is 18.2 Å². The van der Waals surface area contributed by atoms with E-state index in [0.29, 0.717) is 6.04 Å². The summed E-state index contributed by atoms with van der Waals surface area (Å²) in [7, 11) is 3.53. The normalized spacial score (nSPS) is 35.7. The van der Waals surface area contributed by atoms with Gasteiger partial charge in [0, 0.05) is 24.7 Å². The molecule has 5 rings (SSSR count). The molecule has 4 nitrogen and oxygen atoms in total. The van der Waals surface area contributed by atoms with Crippen LogP contribution in [0.2, 0.25) is 0 Å². The van der Waals surface area contributed by atoms with E-state index < -0.39 is 0 Å². The highest BCUT2D eigenvalue weighted by atomic mass is 16.5. The second kappa shape index (κ2) is 7.87. The number of methoxy groups -OCH3 is 2. The molecule has 4 fully saturated rings. The molecule has 1 aromatic rings. The quantitative estimate of drug-likeness (QED) is 0.784. The van der Waals surface area contributed by atoms with Gasteiger partial charge in [0.25, 0.3) is 0 Å². The first-order chi connectivity index (χ1) is 13.8. The fourth-order valence-corrected chi connectivity index (χ4v) is 7.06. The number of hydrogen-bond acceptors (Lipinski definition) is 4. The largest absolute Gasteiger partial charge is 0.493 e. The van der Waals surface area contributed by atoms with Crippen LogP contribution in [0.5, 0.6) is 11.5 Å². The molecule has 28 heavy (non-hydrogen) atoms. The van der Waals surface area contributed by atoms with Gasteiger partial charge in [0.1, 0.15) is 0 Å². The van der Waals surface area contributed by atoms with Crippen LogP contribution in [0, 0.1) is 11.8 Å². The highest BCUT2D eigenvalue weighted by molar-refractivity contribution is 5.47. The second-order valence-electron chi connectivity index (χ2n) is 9.44. The zero-order chi connectivity index (χ0) is 19.1. The van der Waals surface area contributed by atoms with Gasteiger partial charge in [0.2, 0.25) is 0 Å². The van der Waals surface area contributed by atoms with Crippen molar-refractivity contribution in [1.29, 1.82) is 0 Å². The average molecular weight is 385 g/mol. The van der Waals surface area contributed by atoms with E-state index in [1.807, 2.05) is 6.07 Å². The Bertz CT molecular complexity index is 691. The average Bonchev–Trinajstić information content (AvgIpc) is 2.76. The Hall–Kier alpha value is -1.26. The van der Waals surface area contributed by atoms with Crippen LogP contribution in [-0.4, -0.2) is 61.8 Å². The predicted molar refractivity (Wildman–Crippen MR) is 112 cm³/mol. The maximum absolute atomic E-state index is 5.80. The van der Waals surface area contributed by atoms with Crippen molar-refractivity contribution in [3.8, 4) is 11.5 Å². The third-order valence-electron chi connectivity index (χ3n) is 8.17. The molecular formula is C24H36N2O2. The number of benzene rings is 1. The molecule has 5 atom stereocenters. The molecule has 0 radical (unpaired) electrons. The van der Waals surface area contributed by atoms with Gasteiger partial charge in [-0.2, -0.15) is 0 Å². The standard InChI is InChI=1S/C24H36N2O2/c1-27-23-11-7-8-17(24(23)28-2)15-22-19-14-18(20-9-4-6-13-26(20)22)16-25-12-5-3-10-21(19)25/h7-8,11,18-22H,3-6,9-10,12-16H2,1-2H3/t18-,19+,20-,21+,22?/m0/s1. The summed E-state index contributed by atoms with van der Waals surface area (Å²) in [6.45, 7) is 3.98. The fraction of sp³-hybridized carbons (Fsp3) is 0.750. The van der Waals surface area contributed by atoms with Gasteiger partial charge in [-0.15, -0.1) is 0 Å². The summed E-state index contributed by atoms with van der Waals surface area (Å²) in [5.74, 6) is 3.51. The molecule has 2 bridgehead atoms. The number of fused-ring (bicyclic) bond motifs is 6. The van der Waals surface area contributed by atoms with E-state index in [-0.39, 0.29) is 0 Å². The van der Waals surface area contributed by atoms with E-state index in [1.165, 1.54) is 70.1 Å². The molecule has 0 saturated carbocycles. The number of nitrogens with zero attached hydrogens (tertiary/aromatic N) is 2. The van der Waals surface area contributed by atoms with Crippen LogP contribution in [0.25, 0.3) is 0 Å². The molecular weight excluding hydrogens is 348 g/mol. The minimum atomic E-state index is 0.647. The molecule has 4 saturated heterocycles. The molecule has 154 valence electrons. The first-order valence-electron chi connectivity index (χ1n) is 11.5. The molecule has 0 aromatic heterocycles. The van der Waals surface area contributed by atoms with Crippen molar-refractivity contribution in [2.45, 2.75) is 69.5 Å². The molecule has 0 amide bonds. The van der Waals surface area contributed by atoms with Crippen molar-refractivity contribution < 1.29 is 9.47 Å². The van der Waals surface area contributed by atoms with Gasteiger partial charge in [-0.05, 0) is 75.1 Å². The smallest absolute Gasteiger partial charge is 0.163 e. The maximum atomic E-state index is 5.80. The summed E-state index contributed by atoms with van der Waals surface area (Å²) < 4.78 is 11.4. The Balaban J connectivity index is 1.49. The molecule has 4 aliphatic heterocycles. The number of hydrogen-bond donors (Lipinski definition) is 0. The Labute approximate surface area is 170 Å². The van der Waals surface area contributed by atoms with Gasteiger partial charge in [-0.25, -0.2) is 0 Å². The van der Waals surface area contributed by atoms with E-state index in [0.717, 1.165) is 41.8 Å². The van der Waals surface area contributed by atoms with Gasteiger partial charge in [-0.1, -0.05) is 25.0 Å². The van der Waals surface area contributed by atoms with Crippen LogP contribution in [0.3, 0.4) is 0 Å². The fourth-order valence-electron chi connectivity index (χ4n) is 7.06. The van der Waals surface area contributed by atoms with Crippen molar-refractivity contribution >= 4 is 0 Å². The molecule has 1 unspecified atom stereocenters. The van der Waals surface area contributed by atoms with Crippen LogP contribution in [-0.2, 0) is 6.42 Å². The van der Waals surface area contributed by atoms with E-state index >= 15 is 0 Å². The topological polar surface area (TPSA) is 24.9 Å². The highest BCUT2D eigenvalue weighted by Gasteiger charge is 2.51. The minimum absolute atomic E-state index is 0.647. The van der Waals surface area contributed by atoms with Crippen molar-refractivity contribution in [3.05, 3.63) is 23.8 Å². The lowest BCUT2D eigenvalue weighted by molar-refractivity contribution is -0.106. The Morgan fingerprint density at radius 1 is 0.964 bits per heavy atom. The third-order valence-corrected chi connectivity index (χ3v) is 8.17. The van der Waals surface area contributed by atoms with E-state index in [1.54, 1.807) is 14.2 Å². The summed E-state index contributed by atoms with van der Waals surface area (Å²) >= 11 is 0. The lowest BCUT2D eigenvalue weighted by Gasteiger charge is -2.60. The Morgan fingerprint density at radius 3 is 2.61 bits per heavy atom. The predicted octanol–water partition coefficient (Wildman–Crippen LogP) is 3.97. The second-order valence-corrected chi connectivity index (χ2v) is 9.44. The van der Waals surface area contributed by atoms with Crippen LogP contribution in [0.4, 0.5) is 0 Å². The van der Waals surface area contributed by atoms with E-state index in [2.05, 4.69) is 21.9 Å². The zero-order valence-corrected chi connectivity index (χ0v) is 17.6. The van der Waals surface area contributed by atoms with E-state index in [9.17, 15) is 0 Å². The van der Waals surface area contributed by atoms with Crippen molar-refractivity contribution in [2.24, 2.45) is 11.8 Å². The van der Waals surface area contributed by atoms with Gasteiger partial charge < -0.3 is 9.47 Å². The number of piperidine rings is 4. The van der Waals surface area contributed by atoms with Crippen LogP contribution < -0.4 is 9.47 Å². The van der Waals surface area contributed by atoms with Gasteiger partial charge in [-0.3, -0.25) is 9.80 Å². The van der Waals surface area contributed by atoms with Gasteiger partial charge in [0.05, 0.1) is 14.2 Å². The summed E-state index contributed by atoms with van der Waals surface area (Å²) in [4.78, 5) is 5.82.